The lowest BCUT2D eigenvalue weighted by Gasteiger charge is -2.08. The van der Waals surface area contributed by atoms with Crippen LogP contribution in [0.4, 0.5) is 5.69 Å². The van der Waals surface area contributed by atoms with Crippen LogP contribution in [-0.4, -0.2) is 26.8 Å². The number of nitrogens with one attached hydrogen (secondary N) is 2. The van der Waals surface area contributed by atoms with E-state index in [4.69, 9.17) is 4.74 Å². The number of thiophene rings is 1. The highest BCUT2D eigenvalue weighted by Gasteiger charge is 2.10. The van der Waals surface area contributed by atoms with Gasteiger partial charge >= 0.3 is 0 Å². The minimum atomic E-state index is -0.135. The van der Waals surface area contributed by atoms with Crippen LogP contribution in [-0.2, 0) is 4.79 Å². The summed E-state index contributed by atoms with van der Waals surface area (Å²) in [6, 6.07) is 20.7. The number of thioether (sulfide) groups is 1. The molecule has 4 aromatic rings. The topological polar surface area (TPSA) is 79.9 Å². The third-order valence-corrected chi connectivity index (χ3v) is 5.37. The summed E-state index contributed by atoms with van der Waals surface area (Å²) in [5.74, 6) is 2.19. The molecule has 1 amide bonds. The number of carbonyl (C=O) groups excluding carboxylic acids is 1. The summed E-state index contributed by atoms with van der Waals surface area (Å²) in [5.41, 5.74) is 0.674. The first-order valence-corrected chi connectivity index (χ1v) is 10.3. The number of aromatic amines is 1. The van der Waals surface area contributed by atoms with Crippen LogP contribution in [0.5, 0.6) is 11.5 Å². The van der Waals surface area contributed by atoms with Crippen molar-refractivity contribution in [3.8, 4) is 22.2 Å². The Kier molecular flexibility index (Phi) is 5.69. The first kappa shape index (κ1) is 18.3. The van der Waals surface area contributed by atoms with Gasteiger partial charge in [0, 0.05) is 11.8 Å². The van der Waals surface area contributed by atoms with E-state index in [-0.39, 0.29) is 11.7 Å². The fourth-order valence-electron chi connectivity index (χ4n) is 2.42. The lowest BCUT2D eigenvalue weighted by molar-refractivity contribution is -0.113. The minimum absolute atomic E-state index is 0.135. The number of para-hydroxylation sites is 1. The van der Waals surface area contributed by atoms with Gasteiger partial charge in [0.2, 0.25) is 11.1 Å². The largest absolute Gasteiger partial charge is 0.457 e. The third-order valence-electron chi connectivity index (χ3n) is 3.65. The molecule has 28 heavy (non-hydrogen) atoms. The highest BCUT2D eigenvalue weighted by atomic mass is 32.2. The van der Waals surface area contributed by atoms with Crippen LogP contribution in [0, 0.1) is 0 Å². The van der Waals surface area contributed by atoms with Crippen LogP contribution in [0.15, 0.2) is 77.3 Å². The van der Waals surface area contributed by atoms with Crippen LogP contribution in [0.1, 0.15) is 0 Å². The molecule has 0 saturated carbocycles. The Bertz CT molecular complexity index is 1050. The van der Waals surface area contributed by atoms with Crippen molar-refractivity contribution in [2.45, 2.75) is 5.16 Å². The van der Waals surface area contributed by atoms with Gasteiger partial charge in [0.25, 0.3) is 0 Å². The van der Waals surface area contributed by atoms with Crippen molar-refractivity contribution in [3.63, 3.8) is 0 Å². The van der Waals surface area contributed by atoms with Crippen molar-refractivity contribution >= 4 is 34.7 Å². The van der Waals surface area contributed by atoms with Gasteiger partial charge in [-0.05, 0) is 35.7 Å². The summed E-state index contributed by atoms with van der Waals surface area (Å²) in [6.45, 7) is 0. The van der Waals surface area contributed by atoms with Gasteiger partial charge in [0.05, 0.1) is 10.6 Å². The molecule has 0 spiro atoms. The van der Waals surface area contributed by atoms with E-state index in [9.17, 15) is 4.79 Å². The first-order chi connectivity index (χ1) is 13.8. The number of rotatable bonds is 7. The van der Waals surface area contributed by atoms with Crippen LogP contribution >= 0.6 is 23.1 Å². The Labute approximate surface area is 170 Å². The Balaban J connectivity index is 1.32. The van der Waals surface area contributed by atoms with Crippen molar-refractivity contribution in [3.05, 3.63) is 72.1 Å². The molecular formula is C20H16N4O2S2. The lowest BCUT2D eigenvalue weighted by atomic mass is 10.3. The van der Waals surface area contributed by atoms with Gasteiger partial charge in [0.1, 0.15) is 11.5 Å². The molecule has 2 aromatic carbocycles. The zero-order valence-electron chi connectivity index (χ0n) is 14.7. The molecule has 0 atom stereocenters. The Morgan fingerprint density at radius 3 is 2.75 bits per heavy atom. The molecule has 0 saturated heterocycles. The van der Waals surface area contributed by atoms with Gasteiger partial charge in [-0.15, -0.1) is 16.4 Å². The quantitative estimate of drug-likeness (QED) is 0.418. The van der Waals surface area contributed by atoms with E-state index in [0.717, 1.165) is 10.6 Å². The maximum Gasteiger partial charge on any atom is 0.234 e. The number of H-pyrrole nitrogens is 1. The molecule has 0 aliphatic carbocycles. The van der Waals surface area contributed by atoms with E-state index in [0.29, 0.717) is 22.4 Å². The summed E-state index contributed by atoms with van der Waals surface area (Å²) >= 11 is 2.86. The van der Waals surface area contributed by atoms with Crippen LogP contribution in [0.2, 0.25) is 0 Å². The maximum atomic E-state index is 12.3. The van der Waals surface area contributed by atoms with Crippen molar-refractivity contribution in [1.82, 2.24) is 15.2 Å². The number of nitrogens with zero attached hydrogens (tertiary/aromatic N) is 2. The maximum absolute atomic E-state index is 12.3. The van der Waals surface area contributed by atoms with Crippen molar-refractivity contribution in [1.29, 1.82) is 0 Å². The van der Waals surface area contributed by atoms with Crippen LogP contribution in [0.3, 0.4) is 0 Å². The number of ether oxygens (including phenoxy) is 1. The molecule has 0 aliphatic rings. The van der Waals surface area contributed by atoms with E-state index < -0.39 is 0 Å². The van der Waals surface area contributed by atoms with Gasteiger partial charge in [0.15, 0.2) is 5.82 Å². The van der Waals surface area contributed by atoms with Gasteiger partial charge in [-0.25, -0.2) is 4.98 Å². The van der Waals surface area contributed by atoms with E-state index in [1.807, 2.05) is 66.0 Å². The lowest BCUT2D eigenvalue weighted by Crippen LogP contribution is -2.14. The van der Waals surface area contributed by atoms with Crippen LogP contribution < -0.4 is 10.1 Å². The number of benzene rings is 2. The minimum Gasteiger partial charge on any atom is -0.457 e. The highest BCUT2D eigenvalue weighted by molar-refractivity contribution is 7.99. The Hall–Kier alpha value is -3.10. The number of aromatic nitrogens is 3. The van der Waals surface area contributed by atoms with E-state index in [1.165, 1.54) is 11.8 Å². The summed E-state index contributed by atoms with van der Waals surface area (Å²) in [7, 11) is 0. The summed E-state index contributed by atoms with van der Waals surface area (Å²) in [4.78, 5) is 17.7. The normalized spacial score (nSPS) is 10.6. The van der Waals surface area contributed by atoms with Gasteiger partial charge in [-0.1, -0.05) is 42.1 Å². The summed E-state index contributed by atoms with van der Waals surface area (Å²) in [5, 5.41) is 12.4. The molecule has 8 heteroatoms. The van der Waals surface area contributed by atoms with Crippen molar-refractivity contribution in [2.75, 3.05) is 11.1 Å². The SMILES string of the molecule is O=C(CSc1n[nH]c(-c2cccs2)n1)Nc1cccc(Oc2ccccc2)c1. The number of anilines is 1. The fraction of sp³-hybridized carbons (Fsp3) is 0.0500. The number of hydrogen-bond donors (Lipinski definition) is 2. The number of amides is 1. The van der Waals surface area contributed by atoms with Gasteiger partial charge < -0.3 is 10.1 Å². The standard InChI is InChI=1S/C20H16N4O2S2/c25-18(13-28-20-22-19(23-24-20)17-10-5-11-27-17)21-14-6-4-9-16(12-14)26-15-7-2-1-3-8-15/h1-12H,13H2,(H,21,25)(H,22,23,24). The molecule has 0 unspecified atom stereocenters. The molecule has 140 valence electrons. The average Bonchev–Trinajstić information content (AvgIpc) is 3.39. The molecule has 6 nitrogen and oxygen atoms in total. The number of carbonyl (C=O) groups is 1. The smallest absolute Gasteiger partial charge is 0.234 e. The van der Waals surface area contributed by atoms with E-state index >= 15 is 0 Å². The molecule has 4 rings (SSSR count). The second kappa shape index (κ2) is 8.73. The molecule has 2 N–H and O–H groups in total. The molecule has 0 bridgehead atoms. The molecule has 0 radical (unpaired) electrons. The third kappa shape index (κ3) is 4.79. The predicted octanol–water partition coefficient (Wildman–Crippen LogP) is 5.06. The van der Waals surface area contributed by atoms with Crippen molar-refractivity contribution < 1.29 is 9.53 Å². The summed E-state index contributed by atoms with van der Waals surface area (Å²) < 4.78 is 5.79. The Morgan fingerprint density at radius 1 is 1.07 bits per heavy atom. The predicted molar refractivity (Wildman–Crippen MR) is 112 cm³/mol. The molecule has 2 heterocycles. The van der Waals surface area contributed by atoms with Gasteiger partial charge in [-0.3, -0.25) is 9.89 Å². The van der Waals surface area contributed by atoms with E-state index in [2.05, 4.69) is 20.5 Å². The second-order valence-corrected chi connectivity index (χ2v) is 7.61. The molecule has 0 aliphatic heterocycles. The second-order valence-electron chi connectivity index (χ2n) is 5.72. The van der Waals surface area contributed by atoms with E-state index in [1.54, 1.807) is 17.4 Å². The average molecular weight is 409 g/mol. The molecule has 0 fully saturated rings. The van der Waals surface area contributed by atoms with Crippen molar-refractivity contribution in [2.24, 2.45) is 0 Å². The summed E-state index contributed by atoms with van der Waals surface area (Å²) in [6.07, 6.45) is 0. The zero-order chi connectivity index (χ0) is 19.2. The monoisotopic (exact) mass is 408 g/mol. The van der Waals surface area contributed by atoms with Crippen LogP contribution in [0.25, 0.3) is 10.7 Å². The molecule has 2 aromatic heterocycles. The first-order valence-electron chi connectivity index (χ1n) is 8.48. The van der Waals surface area contributed by atoms with Gasteiger partial charge in [-0.2, -0.15) is 0 Å². The highest BCUT2D eigenvalue weighted by Crippen LogP contribution is 2.25. The fourth-order valence-corrected chi connectivity index (χ4v) is 3.69. The Morgan fingerprint density at radius 2 is 1.93 bits per heavy atom. The zero-order valence-corrected chi connectivity index (χ0v) is 16.3. The number of hydrogen-bond acceptors (Lipinski definition) is 6. The molecular weight excluding hydrogens is 392 g/mol.